The first-order chi connectivity index (χ1) is 11.5. The van der Waals surface area contributed by atoms with Gasteiger partial charge in [-0.3, -0.25) is 0 Å². The van der Waals surface area contributed by atoms with E-state index in [0.717, 1.165) is 40.9 Å². The molecule has 0 bridgehead atoms. The van der Waals surface area contributed by atoms with Gasteiger partial charge in [-0.05, 0) is 78.1 Å². The number of nitrogens with one attached hydrogen (secondary N) is 1. The van der Waals surface area contributed by atoms with Gasteiger partial charge in [0.1, 0.15) is 5.82 Å². The molecular formula is C19H23BrFNO2. The Bertz CT molecular complexity index is 659. The highest BCUT2D eigenvalue weighted by atomic mass is 79.9. The van der Waals surface area contributed by atoms with E-state index in [2.05, 4.69) is 21.2 Å². The van der Waals surface area contributed by atoms with E-state index in [0.29, 0.717) is 5.75 Å². The summed E-state index contributed by atoms with van der Waals surface area (Å²) in [6.45, 7) is 5.50. The van der Waals surface area contributed by atoms with Crippen molar-refractivity contribution in [3.8, 4) is 11.5 Å². The molecule has 0 atom stereocenters. The third-order valence-electron chi connectivity index (χ3n) is 3.48. The second-order valence-corrected chi connectivity index (χ2v) is 6.68. The summed E-state index contributed by atoms with van der Waals surface area (Å²) in [5, 5.41) is 3.39. The summed E-state index contributed by atoms with van der Waals surface area (Å²) in [5.41, 5.74) is 2.22. The Morgan fingerprint density at radius 1 is 1.12 bits per heavy atom. The predicted molar refractivity (Wildman–Crippen MR) is 98.3 cm³/mol. The summed E-state index contributed by atoms with van der Waals surface area (Å²) in [6.07, 6.45) is 0.933. The van der Waals surface area contributed by atoms with E-state index in [1.165, 1.54) is 12.1 Å². The Labute approximate surface area is 151 Å². The van der Waals surface area contributed by atoms with Gasteiger partial charge in [-0.2, -0.15) is 0 Å². The first-order valence-electron chi connectivity index (χ1n) is 7.98. The molecule has 0 spiro atoms. The summed E-state index contributed by atoms with van der Waals surface area (Å²) in [4.78, 5) is 0. The zero-order valence-electron chi connectivity index (χ0n) is 14.2. The smallest absolute Gasteiger partial charge is 0.175 e. The van der Waals surface area contributed by atoms with Crippen molar-refractivity contribution in [3.63, 3.8) is 0 Å². The summed E-state index contributed by atoms with van der Waals surface area (Å²) < 4.78 is 25.0. The maximum Gasteiger partial charge on any atom is 0.175 e. The Kier molecular flexibility index (Phi) is 7.06. The van der Waals surface area contributed by atoms with Gasteiger partial charge < -0.3 is 14.8 Å². The molecule has 2 rings (SSSR count). The third-order valence-corrected chi connectivity index (χ3v) is 4.06. The molecule has 1 N–H and O–H groups in total. The molecule has 0 saturated heterocycles. The first-order valence-corrected chi connectivity index (χ1v) is 8.77. The van der Waals surface area contributed by atoms with Crippen molar-refractivity contribution < 1.29 is 13.9 Å². The van der Waals surface area contributed by atoms with Crippen LogP contribution in [0.4, 0.5) is 4.39 Å². The highest BCUT2D eigenvalue weighted by Gasteiger charge is 2.13. The van der Waals surface area contributed by atoms with Crippen LogP contribution in [0.15, 0.2) is 40.9 Å². The minimum Gasteiger partial charge on any atom is -0.493 e. The molecule has 0 aliphatic carbocycles. The molecule has 0 unspecified atom stereocenters. The largest absolute Gasteiger partial charge is 0.493 e. The predicted octanol–water partition coefficient (Wildman–Crippen LogP) is 4.72. The molecule has 2 aromatic carbocycles. The average molecular weight is 396 g/mol. The number of hydrogen-bond acceptors (Lipinski definition) is 3. The van der Waals surface area contributed by atoms with E-state index in [1.807, 2.05) is 38.1 Å². The molecule has 3 nitrogen and oxygen atoms in total. The molecule has 0 aliphatic heterocycles. The van der Waals surface area contributed by atoms with Crippen molar-refractivity contribution in [2.24, 2.45) is 0 Å². The molecule has 2 aromatic rings. The van der Waals surface area contributed by atoms with E-state index >= 15 is 0 Å². The number of benzene rings is 2. The Balaban J connectivity index is 1.92. The topological polar surface area (TPSA) is 30.5 Å². The molecule has 0 heterocycles. The minimum absolute atomic E-state index is 0.0786. The van der Waals surface area contributed by atoms with E-state index < -0.39 is 0 Å². The molecule has 5 heteroatoms. The molecule has 24 heavy (non-hydrogen) atoms. The molecule has 0 fully saturated rings. The Morgan fingerprint density at radius 2 is 1.83 bits per heavy atom. The maximum atomic E-state index is 12.9. The van der Waals surface area contributed by atoms with Crippen molar-refractivity contribution in [3.05, 3.63) is 57.8 Å². The van der Waals surface area contributed by atoms with Gasteiger partial charge in [-0.25, -0.2) is 4.39 Å². The minimum atomic E-state index is -0.202. The van der Waals surface area contributed by atoms with E-state index in [9.17, 15) is 4.39 Å². The van der Waals surface area contributed by atoms with Crippen LogP contribution in [0.1, 0.15) is 25.0 Å². The summed E-state index contributed by atoms with van der Waals surface area (Å²) in [5.74, 6) is 1.24. The summed E-state index contributed by atoms with van der Waals surface area (Å²) in [6, 6.07) is 10.6. The number of hydrogen-bond donors (Lipinski definition) is 1. The number of methoxy groups -OCH3 is 1. The van der Waals surface area contributed by atoms with Gasteiger partial charge in [0.25, 0.3) is 0 Å². The van der Waals surface area contributed by atoms with Crippen LogP contribution < -0.4 is 14.8 Å². The SMILES string of the molecule is COc1cc(CNCCc2ccc(F)cc2)cc(Br)c1OC(C)C. The zero-order chi connectivity index (χ0) is 17.5. The lowest BCUT2D eigenvalue weighted by Crippen LogP contribution is -2.17. The number of rotatable bonds is 8. The number of ether oxygens (including phenoxy) is 2. The van der Waals surface area contributed by atoms with Crippen LogP contribution in [0.25, 0.3) is 0 Å². The molecule has 0 aromatic heterocycles. The fourth-order valence-electron chi connectivity index (χ4n) is 2.34. The van der Waals surface area contributed by atoms with Crippen molar-refractivity contribution in [2.75, 3.05) is 13.7 Å². The summed E-state index contributed by atoms with van der Waals surface area (Å²) in [7, 11) is 1.64. The molecule has 0 aliphatic rings. The van der Waals surface area contributed by atoms with Crippen molar-refractivity contribution in [2.45, 2.75) is 32.9 Å². The normalized spacial score (nSPS) is 10.9. The fourth-order valence-corrected chi connectivity index (χ4v) is 2.92. The highest BCUT2D eigenvalue weighted by Crippen LogP contribution is 2.37. The van der Waals surface area contributed by atoms with Gasteiger partial charge in [-0.1, -0.05) is 12.1 Å². The lowest BCUT2D eigenvalue weighted by Gasteiger charge is -2.16. The van der Waals surface area contributed by atoms with Gasteiger partial charge >= 0.3 is 0 Å². The van der Waals surface area contributed by atoms with Crippen LogP contribution in [0.3, 0.4) is 0 Å². The molecule has 0 saturated carbocycles. The van der Waals surface area contributed by atoms with Gasteiger partial charge in [0, 0.05) is 6.54 Å². The zero-order valence-corrected chi connectivity index (χ0v) is 15.8. The van der Waals surface area contributed by atoms with Crippen LogP contribution in [0.5, 0.6) is 11.5 Å². The first kappa shape index (κ1) is 18.7. The number of halogens is 2. The van der Waals surface area contributed by atoms with Crippen molar-refractivity contribution in [1.82, 2.24) is 5.32 Å². The van der Waals surface area contributed by atoms with Crippen LogP contribution in [-0.4, -0.2) is 19.8 Å². The van der Waals surface area contributed by atoms with Crippen molar-refractivity contribution >= 4 is 15.9 Å². The highest BCUT2D eigenvalue weighted by molar-refractivity contribution is 9.10. The van der Waals surface area contributed by atoms with Crippen molar-refractivity contribution in [1.29, 1.82) is 0 Å². The summed E-state index contributed by atoms with van der Waals surface area (Å²) >= 11 is 3.55. The second-order valence-electron chi connectivity index (χ2n) is 5.83. The van der Waals surface area contributed by atoms with Crippen LogP contribution in [0.2, 0.25) is 0 Å². The second kappa shape index (κ2) is 9.04. The third kappa shape index (κ3) is 5.49. The lowest BCUT2D eigenvalue weighted by atomic mass is 10.1. The Hall–Kier alpha value is -1.59. The monoisotopic (exact) mass is 395 g/mol. The molecule has 130 valence electrons. The van der Waals surface area contributed by atoms with Gasteiger partial charge in [0.05, 0.1) is 17.7 Å². The fraction of sp³-hybridized carbons (Fsp3) is 0.368. The quantitative estimate of drug-likeness (QED) is 0.656. The average Bonchev–Trinajstić information content (AvgIpc) is 2.55. The van der Waals surface area contributed by atoms with E-state index in [4.69, 9.17) is 9.47 Å². The lowest BCUT2D eigenvalue weighted by molar-refractivity contribution is 0.228. The maximum absolute atomic E-state index is 12.9. The van der Waals surface area contributed by atoms with Gasteiger partial charge in [-0.15, -0.1) is 0 Å². The van der Waals surface area contributed by atoms with Gasteiger partial charge in [0.15, 0.2) is 11.5 Å². The molecule has 0 radical (unpaired) electrons. The van der Waals surface area contributed by atoms with Crippen LogP contribution in [-0.2, 0) is 13.0 Å². The Morgan fingerprint density at radius 3 is 2.46 bits per heavy atom. The van der Waals surface area contributed by atoms with E-state index in [1.54, 1.807) is 7.11 Å². The van der Waals surface area contributed by atoms with E-state index in [-0.39, 0.29) is 11.9 Å². The standard InChI is InChI=1S/C19H23BrFNO2/c1-13(2)24-19-17(20)10-15(11-18(19)23-3)12-22-9-8-14-4-6-16(21)7-5-14/h4-7,10-11,13,22H,8-9,12H2,1-3H3. The van der Waals surface area contributed by atoms with Gasteiger partial charge in [0.2, 0.25) is 0 Å². The molecular weight excluding hydrogens is 373 g/mol. The van der Waals surface area contributed by atoms with Crippen LogP contribution >= 0.6 is 15.9 Å². The molecule has 0 amide bonds. The van der Waals surface area contributed by atoms with Crippen LogP contribution in [0, 0.1) is 5.82 Å².